The predicted molar refractivity (Wildman–Crippen MR) is 124 cm³/mol. The van der Waals surface area contributed by atoms with Crippen LogP contribution in [0.5, 0.6) is 0 Å². The Bertz CT molecular complexity index is 1430. The number of imidazole rings is 1. The zero-order valence-corrected chi connectivity index (χ0v) is 18.6. The SMILES string of the molecule is Cc1nc2ccc(-n3cc(C(C)NC(=O)c4cnn(C)c4Cc4ccccc4)nn3)cc2[nH]1. The minimum atomic E-state index is -0.325. The van der Waals surface area contributed by atoms with Gasteiger partial charge in [-0.25, -0.2) is 9.67 Å². The van der Waals surface area contributed by atoms with E-state index in [0.717, 1.165) is 33.8 Å². The summed E-state index contributed by atoms with van der Waals surface area (Å²) in [6.07, 6.45) is 4.06. The van der Waals surface area contributed by atoms with Crippen LogP contribution in [-0.4, -0.2) is 40.6 Å². The van der Waals surface area contributed by atoms with Crippen LogP contribution in [-0.2, 0) is 13.5 Å². The fraction of sp³-hybridized carbons (Fsp3) is 0.208. The normalized spacial score (nSPS) is 12.2. The van der Waals surface area contributed by atoms with E-state index < -0.39 is 0 Å². The second-order valence-electron chi connectivity index (χ2n) is 8.10. The molecule has 0 saturated heterocycles. The van der Waals surface area contributed by atoms with Gasteiger partial charge in [0.25, 0.3) is 5.91 Å². The van der Waals surface area contributed by atoms with E-state index in [2.05, 4.69) is 30.7 Å². The summed E-state index contributed by atoms with van der Waals surface area (Å²) in [6.45, 7) is 3.81. The molecule has 0 aliphatic rings. The first kappa shape index (κ1) is 20.6. The standard InChI is InChI=1S/C24H24N8O/c1-15(22-14-32(30-29-22)18-9-10-20-21(12-18)28-16(2)27-20)26-24(33)19-13-25-31(3)23(19)11-17-7-5-4-6-8-17/h4-10,12-15H,11H2,1-3H3,(H,26,33)(H,27,28). The Labute approximate surface area is 190 Å². The Hall–Kier alpha value is -4.27. The number of nitrogens with one attached hydrogen (secondary N) is 2. The fourth-order valence-electron chi connectivity index (χ4n) is 3.87. The molecule has 0 spiro atoms. The average molecular weight is 441 g/mol. The van der Waals surface area contributed by atoms with Crippen LogP contribution in [0, 0.1) is 6.92 Å². The molecule has 33 heavy (non-hydrogen) atoms. The van der Waals surface area contributed by atoms with Gasteiger partial charge in [0.2, 0.25) is 0 Å². The second kappa shape index (κ2) is 8.34. The van der Waals surface area contributed by atoms with Gasteiger partial charge in [0.05, 0.1) is 46.4 Å². The minimum Gasteiger partial charge on any atom is -0.344 e. The van der Waals surface area contributed by atoms with Crippen LogP contribution in [0.15, 0.2) is 60.9 Å². The third-order valence-corrected chi connectivity index (χ3v) is 5.67. The third kappa shape index (κ3) is 4.12. The molecule has 5 aromatic rings. The van der Waals surface area contributed by atoms with Crippen molar-refractivity contribution in [2.24, 2.45) is 7.05 Å². The number of carbonyl (C=O) groups excluding carboxylic acids is 1. The van der Waals surface area contributed by atoms with Crippen molar-refractivity contribution < 1.29 is 4.79 Å². The highest BCUT2D eigenvalue weighted by Gasteiger charge is 2.20. The van der Waals surface area contributed by atoms with Crippen LogP contribution in [0.2, 0.25) is 0 Å². The van der Waals surface area contributed by atoms with Crippen molar-refractivity contribution in [2.75, 3.05) is 0 Å². The molecule has 1 unspecified atom stereocenters. The molecular weight excluding hydrogens is 416 g/mol. The number of benzene rings is 2. The van der Waals surface area contributed by atoms with Crippen LogP contribution in [0.4, 0.5) is 0 Å². The number of H-pyrrole nitrogens is 1. The first-order valence-electron chi connectivity index (χ1n) is 10.7. The van der Waals surface area contributed by atoms with Gasteiger partial charge in [-0.1, -0.05) is 35.5 Å². The second-order valence-corrected chi connectivity index (χ2v) is 8.10. The summed E-state index contributed by atoms with van der Waals surface area (Å²) in [4.78, 5) is 20.7. The van der Waals surface area contributed by atoms with Crippen molar-refractivity contribution >= 4 is 16.9 Å². The average Bonchev–Trinajstić information content (AvgIpc) is 3.52. The molecule has 9 heteroatoms. The topological polar surface area (TPSA) is 106 Å². The summed E-state index contributed by atoms with van der Waals surface area (Å²) in [7, 11) is 1.85. The molecule has 5 rings (SSSR count). The van der Waals surface area contributed by atoms with Crippen LogP contribution in [0.25, 0.3) is 16.7 Å². The molecule has 1 atom stereocenters. The maximum atomic E-state index is 13.0. The van der Waals surface area contributed by atoms with Gasteiger partial charge < -0.3 is 10.3 Å². The maximum Gasteiger partial charge on any atom is 0.255 e. The van der Waals surface area contributed by atoms with Crippen LogP contribution in [0.3, 0.4) is 0 Å². The summed E-state index contributed by atoms with van der Waals surface area (Å²) in [5, 5.41) is 15.8. The van der Waals surface area contributed by atoms with E-state index in [4.69, 9.17) is 0 Å². The lowest BCUT2D eigenvalue weighted by Gasteiger charge is -2.12. The van der Waals surface area contributed by atoms with E-state index in [0.29, 0.717) is 17.7 Å². The summed E-state index contributed by atoms with van der Waals surface area (Å²) in [6, 6.07) is 15.6. The van der Waals surface area contributed by atoms with Crippen molar-refractivity contribution in [3.05, 3.63) is 89.3 Å². The van der Waals surface area contributed by atoms with E-state index in [-0.39, 0.29) is 11.9 Å². The van der Waals surface area contributed by atoms with Crippen molar-refractivity contribution in [1.29, 1.82) is 0 Å². The lowest BCUT2D eigenvalue weighted by Crippen LogP contribution is -2.27. The number of fused-ring (bicyclic) bond motifs is 1. The number of aromatic nitrogens is 7. The molecule has 9 nitrogen and oxygen atoms in total. The van der Waals surface area contributed by atoms with Gasteiger partial charge in [-0.15, -0.1) is 5.10 Å². The molecule has 0 saturated carbocycles. The minimum absolute atomic E-state index is 0.189. The predicted octanol–water partition coefficient (Wildman–Crippen LogP) is 3.27. The number of aromatic amines is 1. The van der Waals surface area contributed by atoms with Gasteiger partial charge in [0.15, 0.2) is 0 Å². The molecule has 166 valence electrons. The van der Waals surface area contributed by atoms with Crippen molar-refractivity contribution in [2.45, 2.75) is 26.3 Å². The molecule has 0 aliphatic carbocycles. The first-order valence-corrected chi connectivity index (χ1v) is 10.7. The number of aryl methyl sites for hydroxylation is 2. The molecule has 2 N–H and O–H groups in total. The lowest BCUT2D eigenvalue weighted by molar-refractivity contribution is 0.0938. The van der Waals surface area contributed by atoms with Gasteiger partial charge in [-0.2, -0.15) is 5.10 Å². The van der Waals surface area contributed by atoms with Crippen molar-refractivity contribution in [1.82, 2.24) is 40.1 Å². The summed E-state index contributed by atoms with van der Waals surface area (Å²) in [5.74, 6) is 0.672. The van der Waals surface area contributed by atoms with Crippen LogP contribution in [0.1, 0.15) is 46.1 Å². The first-order chi connectivity index (χ1) is 16.0. The number of rotatable bonds is 6. The Balaban J connectivity index is 1.32. The zero-order chi connectivity index (χ0) is 22.9. The molecule has 0 fully saturated rings. The summed E-state index contributed by atoms with van der Waals surface area (Å²) < 4.78 is 3.44. The zero-order valence-electron chi connectivity index (χ0n) is 18.6. The fourth-order valence-corrected chi connectivity index (χ4v) is 3.87. The molecule has 3 aromatic heterocycles. The highest BCUT2D eigenvalue weighted by Crippen LogP contribution is 2.19. The summed E-state index contributed by atoms with van der Waals surface area (Å²) >= 11 is 0. The molecule has 1 amide bonds. The Morgan fingerprint density at radius 3 is 2.82 bits per heavy atom. The van der Waals surface area contributed by atoms with E-state index in [1.165, 1.54) is 0 Å². The van der Waals surface area contributed by atoms with Gasteiger partial charge in [0.1, 0.15) is 11.5 Å². The van der Waals surface area contributed by atoms with E-state index >= 15 is 0 Å². The molecule has 0 radical (unpaired) electrons. The van der Waals surface area contributed by atoms with Gasteiger partial charge in [-0.05, 0) is 37.6 Å². The summed E-state index contributed by atoms with van der Waals surface area (Å²) in [5.41, 5.74) is 5.90. The van der Waals surface area contributed by atoms with E-state index in [1.807, 2.05) is 75.6 Å². The third-order valence-electron chi connectivity index (χ3n) is 5.67. The quantitative estimate of drug-likeness (QED) is 0.422. The lowest BCUT2D eigenvalue weighted by atomic mass is 10.1. The number of carbonyl (C=O) groups is 1. The van der Waals surface area contributed by atoms with E-state index in [1.54, 1.807) is 15.6 Å². The largest absolute Gasteiger partial charge is 0.344 e. The van der Waals surface area contributed by atoms with Crippen molar-refractivity contribution in [3.8, 4) is 5.69 Å². The van der Waals surface area contributed by atoms with Crippen LogP contribution >= 0.6 is 0 Å². The van der Waals surface area contributed by atoms with Crippen LogP contribution < -0.4 is 5.32 Å². The molecular formula is C24H24N8O. The Morgan fingerprint density at radius 1 is 1.18 bits per heavy atom. The highest BCUT2D eigenvalue weighted by molar-refractivity contribution is 5.95. The smallest absolute Gasteiger partial charge is 0.255 e. The van der Waals surface area contributed by atoms with E-state index in [9.17, 15) is 4.79 Å². The number of nitrogens with zero attached hydrogens (tertiary/aromatic N) is 6. The van der Waals surface area contributed by atoms with Gasteiger partial charge >= 0.3 is 0 Å². The number of hydrogen-bond acceptors (Lipinski definition) is 5. The maximum absolute atomic E-state index is 13.0. The number of amides is 1. The molecule has 0 bridgehead atoms. The highest BCUT2D eigenvalue weighted by atomic mass is 16.1. The number of hydrogen-bond donors (Lipinski definition) is 2. The molecule has 0 aliphatic heterocycles. The Morgan fingerprint density at radius 2 is 2.00 bits per heavy atom. The molecule has 3 heterocycles. The molecule has 2 aromatic carbocycles. The Kier molecular flexibility index (Phi) is 5.21. The van der Waals surface area contributed by atoms with Gasteiger partial charge in [0, 0.05) is 13.5 Å². The van der Waals surface area contributed by atoms with Gasteiger partial charge in [-0.3, -0.25) is 9.48 Å². The van der Waals surface area contributed by atoms with Crippen molar-refractivity contribution in [3.63, 3.8) is 0 Å². The monoisotopic (exact) mass is 440 g/mol.